The zero-order chi connectivity index (χ0) is 19.3. The number of ether oxygens (including phenoxy) is 1. The molecule has 0 fully saturated rings. The minimum absolute atomic E-state index is 0.0177. The van der Waals surface area contributed by atoms with Crippen molar-refractivity contribution in [3.05, 3.63) is 29.3 Å². The van der Waals surface area contributed by atoms with Crippen molar-refractivity contribution in [2.24, 2.45) is 7.05 Å². The van der Waals surface area contributed by atoms with E-state index in [9.17, 15) is 19.5 Å². The van der Waals surface area contributed by atoms with Gasteiger partial charge in [0.1, 0.15) is 5.56 Å². The molecule has 0 aliphatic heterocycles. The molecule has 0 bridgehead atoms. The number of nitrogens with one attached hydrogen (secondary N) is 2. The van der Waals surface area contributed by atoms with Crippen molar-refractivity contribution in [1.29, 1.82) is 0 Å². The van der Waals surface area contributed by atoms with Crippen LogP contribution >= 0.6 is 0 Å². The maximum absolute atomic E-state index is 12.4. The summed E-state index contributed by atoms with van der Waals surface area (Å²) in [6.45, 7) is 2.92. The maximum atomic E-state index is 12.4. The number of hydrogen-bond acceptors (Lipinski definition) is 6. The summed E-state index contributed by atoms with van der Waals surface area (Å²) in [6.07, 6.45) is 2.72. The lowest BCUT2D eigenvalue weighted by molar-refractivity contribution is 0.0692. The molecule has 0 aliphatic carbocycles. The zero-order valence-electron chi connectivity index (χ0n) is 14.6. The minimum Gasteiger partial charge on any atom is -0.478 e. The molecule has 0 aromatic carbocycles. The summed E-state index contributed by atoms with van der Waals surface area (Å²) in [5.74, 6) is -2.50. The molecular formula is C15H20N6O5. The third-order valence-corrected chi connectivity index (χ3v) is 3.41. The van der Waals surface area contributed by atoms with Gasteiger partial charge in [0.25, 0.3) is 11.8 Å². The molecule has 26 heavy (non-hydrogen) atoms. The van der Waals surface area contributed by atoms with E-state index in [2.05, 4.69) is 20.8 Å². The highest BCUT2D eigenvalue weighted by molar-refractivity contribution is 6.11. The number of carboxylic acids is 1. The summed E-state index contributed by atoms with van der Waals surface area (Å²) in [4.78, 5) is 35.9. The van der Waals surface area contributed by atoms with Gasteiger partial charge in [-0.15, -0.1) is 0 Å². The summed E-state index contributed by atoms with van der Waals surface area (Å²) < 4.78 is 7.58. The first-order valence-corrected chi connectivity index (χ1v) is 7.80. The van der Waals surface area contributed by atoms with Crippen molar-refractivity contribution in [3.63, 3.8) is 0 Å². The molecule has 0 atom stereocenters. The monoisotopic (exact) mass is 364 g/mol. The highest BCUT2D eigenvalue weighted by atomic mass is 16.5. The smallest absolute Gasteiger partial charge is 0.339 e. The largest absolute Gasteiger partial charge is 0.478 e. The molecule has 0 unspecified atom stereocenters. The Labute approximate surface area is 148 Å². The van der Waals surface area contributed by atoms with Crippen LogP contribution < -0.4 is 10.6 Å². The quantitative estimate of drug-likeness (QED) is 0.558. The van der Waals surface area contributed by atoms with Crippen LogP contribution in [0.5, 0.6) is 0 Å². The van der Waals surface area contributed by atoms with Crippen molar-refractivity contribution >= 4 is 23.5 Å². The average molecular weight is 364 g/mol. The van der Waals surface area contributed by atoms with E-state index < -0.39 is 17.8 Å². The van der Waals surface area contributed by atoms with Crippen LogP contribution in [0.4, 0.5) is 5.69 Å². The lowest BCUT2D eigenvalue weighted by Crippen LogP contribution is -2.28. The number of carbonyl (C=O) groups excluding carboxylic acids is 2. The van der Waals surface area contributed by atoms with E-state index in [0.29, 0.717) is 13.2 Å². The van der Waals surface area contributed by atoms with Gasteiger partial charge in [0.2, 0.25) is 0 Å². The van der Waals surface area contributed by atoms with Crippen LogP contribution in [0.1, 0.15) is 38.3 Å². The van der Waals surface area contributed by atoms with E-state index in [1.54, 1.807) is 0 Å². The number of aromatic carboxylic acids is 1. The topological polar surface area (TPSA) is 140 Å². The normalized spacial score (nSPS) is 10.6. The second kappa shape index (κ2) is 8.25. The summed E-state index contributed by atoms with van der Waals surface area (Å²) in [6, 6.07) is 0. The van der Waals surface area contributed by atoms with Gasteiger partial charge in [-0.05, 0) is 6.92 Å². The molecule has 0 aliphatic rings. The standard InChI is InChI=1S/C15H20N6O5/c1-4-21-8-10(12(19-21)13(22)16-5-6-26-3)17-14(23)11-9(15(24)25)7-20(2)18-11/h7-8H,4-6H2,1-3H3,(H,16,22)(H,17,23)(H,24,25). The van der Waals surface area contributed by atoms with E-state index in [0.717, 1.165) is 0 Å². The number of aryl methyl sites for hydroxylation is 2. The Balaban J connectivity index is 2.25. The fourth-order valence-corrected chi connectivity index (χ4v) is 2.19. The van der Waals surface area contributed by atoms with Crippen LogP contribution in [0.3, 0.4) is 0 Å². The average Bonchev–Trinajstić information content (AvgIpc) is 3.18. The molecule has 2 aromatic rings. The van der Waals surface area contributed by atoms with Gasteiger partial charge in [-0.2, -0.15) is 10.2 Å². The molecule has 3 N–H and O–H groups in total. The van der Waals surface area contributed by atoms with Crippen LogP contribution in [0.2, 0.25) is 0 Å². The molecule has 2 aromatic heterocycles. The lowest BCUT2D eigenvalue weighted by Gasteiger charge is -2.05. The lowest BCUT2D eigenvalue weighted by atomic mass is 10.2. The SMILES string of the molecule is CCn1cc(NC(=O)c2nn(C)cc2C(=O)O)c(C(=O)NCCOC)n1. The van der Waals surface area contributed by atoms with Crippen molar-refractivity contribution in [3.8, 4) is 0 Å². The highest BCUT2D eigenvalue weighted by Gasteiger charge is 2.24. The summed E-state index contributed by atoms with van der Waals surface area (Å²) in [5, 5.41) is 22.3. The van der Waals surface area contributed by atoms with Gasteiger partial charge in [0, 0.05) is 39.6 Å². The Morgan fingerprint density at radius 3 is 2.54 bits per heavy atom. The summed E-state index contributed by atoms with van der Waals surface area (Å²) >= 11 is 0. The Bertz CT molecular complexity index is 825. The number of amides is 2. The molecule has 0 saturated heterocycles. The first kappa shape index (κ1) is 19.1. The van der Waals surface area contributed by atoms with Crippen LogP contribution in [-0.4, -0.2) is 62.7 Å². The second-order valence-corrected chi connectivity index (χ2v) is 5.32. The zero-order valence-corrected chi connectivity index (χ0v) is 14.6. The minimum atomic E-state index is -1.27. The number of hydrogen-bond donors (Lipinski definition) is 3. The number of anilines is 1. The van der Waals surface area contributed by atoms with Gasteiger partial charge in [-0.25, -0.2) is 4.79 Å². The van der Waals surface area contributed by atoms with Gasteiger partial charge in [0.05, 0.1) is 12.3 Å². The predicted octanol–water partition coefficient (Wildman–Crippen LogP) is -0.0368. The van der Waals surface area contributed by atoms with Gasteiger partial charge < -0.3 is 20.5 Å². The van der Waals surface area contributed by atoms with Crippen molar-refractivity contribution in [1.82, 2.24) is 24.9 Å². The van der Waals surface area contributed by atoms with Gasteiger partial charge in [0.15, 0.2) is 11.4 Å². The molecule has 11 nitrogen and oxygen atoms in total. The first-order chi connectivity index (χ1) is 12.4. The van der Waals surface area contributed by atoms with E-state index in [-0.39, 0.29) is 29.2 Å². The molecule has 2 rings (SSSR count). The highest BCUT2D eigenvalue weighted by Crippen LogP contribution is 2.16. The van der Waals surface area contributed by atoms with Crippen molar-refractivity contribution in [2.75, 3.05) is 25.6 Å². The van der Waals surface area contributed by atoms with Gasteiger partial charge >= 0.3 is 5.97 Å². The number of methoxy groups -OCH3 is 1. The molecule has 0 radical (unpaired) electrons. The van der Waals surface area contributed by atoms with E-state index >= 15 is 0 Å². The summed E-state index contributed by atoms with van der Waals surface area (Å²) in [7, 11) is 3.02. The molecule has 11 heteroatoms. The third kappa shape index (κ3) is 4.25. The van der Waals surface area contributed by atoms with Crippen molar-refractivity contribution < 1.29 is 24.2 Å². The van der Waals surface area contributed by atoms with Crippen LogP contribution in [0.15, 0.2) is 12.4 Å². The number of carboxylic acid groups (broad SMARTS) is 1. The molecule has 2 amide bonds. The molecule has 0 saturated carbocycles. The van der Waals surface area contributed by atoms with Crippen LogP contribution in [0.25, 0.3) is 0 Å². The first-order valence-electron chi connectivity index (χ1n) is 7.80. The number of nitrogens with zero attached hydrogens (tertiary/aromatic N) is 4. The number of carbonyl (C=O) groups is 3. The fraction of sp³-hybridized carbons (Fsp3) is 0.400. The van der Waals surface area contributed by atoms with Gasteiger partial charge in [-0.1, -0.05) is 0 Å². The molecule has 0 spiro atoms. The Kier molecular flexibility index (Phi) is 6.07. The second-order valence-electron chi connectivity index (χ2n) is 5.32. The van der Waals surface area contributed by atoms with E-state index in [1.807, 2.05) is 6.92 Å². The van der Waals surface area contributed by atoms with Crippen LogP contribution in [-0.2, 0) is 18.3 Å². The van der Waals surface area contributed by atoms with E-state index in [4.69, 9.17) is 4.74 Å². The molecule has 140 valence electrons. The molecular weight excluding hydrogens is 344 g/mol. The van der Waals surface area contributed by atoms with Crippen molar-refractivity contribution in [2.45, 2.75) is 13.5 Å². The number of rotatable bonds is 8. The Morgan fingerprint density at radius 2 is 1.92 bits per heavy atom. The predicted molar refractivity (Wildman–Crippen MR) is 90.2 cm³/mol. The Morgan fingerprint density at radius 1 is 1.19 bits per heavy atom. The van der Waals surface area contributed by atoms with E-state index in [1.165, 1.54) is 35.9 Å². The Hall–Kier alpha value is -3.21. The molecule has 2 heterocycles. The summed E-state index contributed by atoms with van der Waals surface area (Å²) in [5.41, 5.74) is -0.313. The maximum Gasteiger partial charge on any atom is 0.339 e. The fourth-order valence-electron chi connectivity index (χ4n) is 2.19. The van der Waals surface area contributed by atoms with Crippen LogP contribution in [0, 0.1) is 0 Å². The number of aromatic nitrogens is 4. The third-order valence-electron chi connectivity index (χ3n) is 3.41. The van der Waals surface area contributed by atoms with Gasteiger partial charge in [-0.3, -0.25) is 19.0 Å².